The summed E-state index contributed by atoms with van der Waals surface area (Å²) < 4.78 is 0. The molecule has 0 aromatic heterocycles. The first-order chi connectivity index (χ1) is 8.66. The number of aliphatic hydroxyl groups is 1. The van der Waals surface area contributed by atoms with Crippen molar-refractivity contribution in [3.05, 3.63) is 35.9 Å². The van der Waals surface area contributed by atoms with E-state index in [1.807, 2.05) is 18.2 Å². The second-order valence-electron chi connectivity index (χ2n) is 4.87. The molecule has 0 radical (unpaired) electrons. The van der Waals surface area contributed by atoms with Crippen LogP contribution in [0.2, 0.25) is 0 Å². The number of rotatable bonds is 3. The second-order valence-corrected chi connectivity index (χ2v) is 4.87. The van der Waals surface area contributed by atoms with Gasteiger partial charge in [-0.1, -0.05) is 30.3 Å². The molecule has 1 aliphatic rings. The summed E-state index contributed by atoms with van der Waals surface area (Å²) in [7, 11) is 0. The maximum absolute atomic E-state index is 10.9. The Hall–Kier alpha value is -1.55. The zero-order valence-electron chi connectivity index (χ0n) is 10.3. The Labute approximate surface area is 107 Å². The van der Waals surface area contributed by atoms with E-state index < -0.39 is 6.09 Å². The number of nitrogens with zero attached hydrogens (tertiary/aromatic N) is 1. The summed E-state index contributed by atoms with van der Waals surface area (Å²) in [4.78, 5) is 12.3. The van der Waals surface area contributed by atoms with Crippen LogP contribution in [0.4, 0.5) is 4.79 Å². The molecule has 1 saturated heterocycles. The third kappa shape index (κ3) is 3.23. The number of carboxylic acid groups (broad SMARTS) is 1. The molecular formula is C14H19NO3. The first-order valence-electron chi connectivity index (χ1n) is 6.36. The smallest absolute Gasteiger partial charge is 0.407 e. The van der Waals surface area contributed by atoms with E-state index in [1.54, 1.807) is 0 Å². The van der Waals surface area contributed by atoms with Crippen LogP contribution in [-0.2, 0) is 6.42 Å². The van der Waals surface area contributed by atoms with Crippen molar-refractivity contribution in [2.24, 2.45) is 5.92 Å². The first kappa shape index (κ1) is 12.9. The number of benzene rings is 1. The SMILES string of the molecule is O=C(O)N1CCC(O)C(CCc2ccccc2)C1. The molecule has 1 aliphatic heterocycles. The minimum atomic E-state index is -0.883. The highest BCUT2D eigenvalue weighted by atomic mass is 16.4. The fraction of sp³-hybridized carbons (Fsp3) is 0.500. The lowest BCUT2D eigenvalue weighted by Gasteiger charge is -2.34. The summed E-state index contributed by atoms with van der Waals surface area (Å²) in [6, 6.07) is 10.1. The van der Waals surface area contributed by atoms with Gasteiger partial charge in [-0.25, -0.2) is 4.79 Å². The number of piperidine rings is 1. The highest BCUT2D eigenvalue weighted by molar-refractivity contribution is 5.65. The molecule has 4 nitrogen and oxygen atoms in total. The first-order valence-corrected chi connectivity index (χ1v) is 6.36. The lowest BCUT2D eigenvalue weighted by molar-refractivity contribution is 0.0263. The minimum absolute atomic E-state index is 0.0510. The van der Waals surface area contributed by atoms with Gasteiger partial charge in [-0.05, 0) is 24.8 Å². The monoisotopic (exact) mass is 249 g/mol. The quantitative estimate of drug-likeness (QED) is 0.861. The summed E-state index contributed by atoms with van der Waals surface area (Å²) in [6.07, 6.45) is 1.01. The molecule has 18 heavy (non-hydrogen) atoms. The number of aryl methyl sites for hydroxylation is 1. The van der Waals surface area contributed by atoms with E-state index in [-0.39, 0.29) is 12.0 Å². The summed E-state index contributed by atoms with van der Waals surface area (Å²) in [6.45, 7) is 0.891. The summed E-state index contributed by atoms with van der Waals surface area (Å²) in [5.74, 6) is 0.0510. The Balaban J connectivity index is 1.89. The van der Waals surface area contributed by atoms with Gasteiger partial charge in [0.1, 0.15) is 0 Å². The molecule has 2 unspecified atom stereocenters. The number of amides is 1. The topological polar surface area (TPSA) is 60.8 Å². The van der Waals surface area contributed by atoms with Gasteiger partial charge in [0.05, 0.1) is 6.10 Å². The van der Waals surface area contributed by atoms with Crippen molar-refractivity contribution in [3.63, 3.8) is 0 Å². The molecule has 2 atom stereocenters. The van der Waals surface area contributed by atoms with Crippen LogP contribution in [-0.4, -0.2) is 40.4 Å². The standard InChI is InChI=1S/C14H19NO3/c16-13-8-9-15(14(17)18)10-12(13)7-6-11-4-2-1-3-5-11/h1-5,12-13,16H,6-10H2,(H,17,18). The molecule has 1 fully saturated rings. The number of carbonyl (C=O) groups is 1. The van der Waals surface area contributed by atoms with Crippen molar-refractivity contribution in [1.82, 2.24) is 4.90 Å². The molecule has 2 N–H and O–H groups in total. The molecule has 1 aromatic rings. The fourth-order valence-electron chi connectivity index (χ4n) is 2.47. The van der Waals surface area contributed by atoms with Gasteiger partial charge in [-0.15, -0.1) is 0 Å². The van der Waals surface area contributed by atoms with Crippen LogP contribution in [0.15, 0.2) is 30.3 Å². The zero-order chi connectivity index (χ0) is 13.0. The highest BCUT2D eigenvalue weighted by Crippen LogP contribution is 2.22. The van der Waals surface area contributed by atoms with Gasteiger partial charge in [0.25, 0.3) is 0 Å². The third-order valence-corrected chi connectivity index (χ3v) is 3.61. The number of likely N-dealkylation sites (tertiary alicyclic amines) is 1. The molecule has 4 heteroatoms. The molecule has 1 aromatic carbocycles. The van der Waals surface area contributed by atoms with Crippen molar-refractivity contribution < 1.29 is 15.0 Å². The largest absolute Gasteiger partial charge is 0.465 e. The molecule has 2 rings (SSSR count). The van der Waals surface area contributed by atoms with Gasteiger partial charge < -0.3 is 15.1 Å². The lowest BCUT2D eigenvalue weighted by atomic mass is 9.89. The van der Waals surface area contributed by atoms with Crippen molar-refractivity contribution >= 4 is 6.09 Å². The Morgan fingerprint density at radius 3 is 2.72 bits per heavy atom. The highest BCUT2D eigenvalue weighted by Gasteiger charge is 2.29. The van der Waals surface area contributed by atoms with Gasteiger partial charge in [-0.3, -0.25) is 0 Å². The maximum Gasteiger partial charge on any atom is 0.407 e. The molecule has 1 amide bonds. The van der Waals surface area contributed by atoms with Crippen molar-refractivity contribution in [2.45, 2.75) is 25.4 Å². The van der Waals surface area contributed by atoms with Crippen molar-refractivity contribution in [1.29, 1.82) is 0 Å². The molecule has 0 bridgehead atoms. The van der Waals surface area contributed by atoms with E-state index in [2.05, 4.69) is 12.1 Å². The summed E-state index contributed by atoms with van der Waals surface area (Å²) in [5, 5.41) is 18.9. The summed E-state index contributed by atoms with van der Waals surface area (Å²) >= 11 is 0. The molecular weight excluding hydrogens is 230 g/mol. The van der Waals surface area contributed by atoms with Crippen LogP contribution in [0, 0.1) is 5.92 Å². The molecule has 1 heterocycles. The molecule has 0 spiro atoms. The van der Waals surface area contributed by atoms with E-state index >= 15 is 0 Å². The summed E-state index contributed by atoms with van der Waals surface area (Å²) in [5.41, 5.74) is 1.23. The van der Waals surface area contributed by atoms with E-state index in [4.69, 9.17) is 5.11 Å². The number of hydrogen-bond donors (Lipinski definition) is 2. The van der Waals surface area contributed by atoms with E-state index in [0.717, 1.165) is 12.8 Å². The lowest BCUT2D eigenvalue weighted by Crippen LogP contribution is -2.45. The average Bonchev–Trinajstić information content (AvgIpc) is 2.38. The van der Waals surface area contributed by atoms with Crippen molar-refractivity contribution in [2.75, 3.05) is 13.1 Å². The Bertz CT molecular complexity index is 393. The molecule has 98 valence electrons. The Kier molecular flexibility index (Phi) is 4.20. The van der Waals surface area contributed by atoms with E-state index in [0.29, 0.717) is 19.5 Å². The van der Waals surface area contributed by atoms with E-state index in [9.17, 15) is 9.90 Å². The molecule has 0 saturated carbocycles. The van der Waals surface area contributed by atoms with Crippen LogP contribution in [0.25, 0.3) is 0 Å². The number of aliphatic hydroxyl groups excluding tert-OH is 1. The fourth-order valence-corrected chi connectivity index (χ4v) is 2.47. The van der Waals surface area contributed by atoms with E-state index in [1.165, 1.54) is 10.5 Å². The Morgan fingerprint density at radius 2 is 2.06 bits per heavy atom. The predicted octanol–water partition coefficient (Wildman–Crippen LogP) is 1.98. The molecule has 0 aliphatic carbocycles. The minimum Gasteiger partial charge on any atom is -0.465 e. The van der Waals surface area contributed by atoms with Crippen LogP contribution >= 0.6 is 0 Å². The maximum atomic E-state index is 10.9. The Morgan fingerprint density at radius 1 is 1.33 bits per heavy atom. The average molecular weight is 249 g/mol. The normalized spacial score (nSPS) is 23.9. The second kappa shape index (κ2) is 5.87. The van der Waals surface area contributed by atoms with Crippen LogP contribution < -0.4 is 0 Å². The third-order valence-electron chi connectivity index (χ3n) is 3.61. The zero-order valence-corrected chi connectivity index (χ0v) is 10.3. The van der Waals surface area contributed by atoms with Gasteiger partial charge in [0, 0.05) is 19.0 Å². The van der Waals surface area contributed by atoms with Crippen LogP contribution in [0.3, 0.4) is 0 Å². The van der Waals surface area contributed by atoms with Gasteiger partial charge >= 0.3 is 6.09 Å². The predicted molar refractivity (Wildman–Crippen MR) is 68.5 cm³/mol. The van der Waals surface area contributed by atoms with Gasteiger partial charge in [-0.2, -0.15) is 0 Å². The van der Waals surface area contributed by atoms with Crippen LogP contribution in [0.1, 0.15) is 18.4 Å². The van der Waals surface area contributed by atoms with Gasteiger partial charge in [0.2, 0.25) is 0 Å². The van der Waals surface area contributed by atoms with Gasteiger partial charge in [0.15, 0.2) is 0 Å². The number of hydrogen-bond acceptors (Lipinski definition) is 2. The van der Waals surface area contributed by atoms with Crippen LogP contribution in [0.5, 0.6) is 0 Å². The van der Waals surface area contributed by atoms with Crippen molar-refractivity contribution in [3.8, 4) is 0 Å².